The molecule has 15 heavy (non-hydrogen) atoms. The molecule has 0 aliphatic rings. The van der Waals surface area contributed by atoms with E-state index in [1.54, 1.807) is 5.19 Å². The Hall–Kier alpha value is -0.823. The summed E-state index contributed by atoms with van der Waals surface area (Å²) < 4.78 is 0. The molecule has 0 spiro atoms. The van der Waals surface area contributed by atoms with E-state index in [1.165, 1.54) is 5.56 Å². The lowest BCUT2D eigenvalue weighted by Crippen LogP contribution is -2.35. The third kappa shape index (κ3) is 3.06. The van der Waals surface area contributed by atoms with Crippen LogP contribution in [0, 0.1) is 0 Å². The molecule has 1 aromatic carbocycles. The van der Waals surface area contributed by atoms with Crippen molar-refractivity contribution < 1.29 is 0 Å². The normalized spacial score (nSPS) is 11.4. The van der Waals surface area contributed by atoms with E-state index < -0.39 is 8.80 Å². The van der Waals surface area contributed by atoms with Crippen molar-refractivity contribution in [2.45, 2.75) is 38.8 Å². The van der Waals surface area contributed by atoms with E-state index >= 15 is 0 Å². The SMILES string of the molecule is C=Cc1ccc([SiH](C(C)C)C(C)C)cc1. The van der Waals surface area contributed by atoms with E-state index in [4.69, 9.17) is 0 Å². The second-order valence-corrected chi connectivity index (χ2v) is 9.27. The predicted octanol–water partition coefficient (Wildman–Crippen LogP) is 3.58. The van der Waals surface area contributed by atoms with Gasteiger partial charge in [0, 0.05) is 0 Å². The van der Waals surface area contributed by atoms with Gasteiger partial charge in [-0.1, -0.05) is 69.8 Å². The van der Waals surface area contributed by atoms with E-state index in [-0.39, 0.29) is 0 Å². The topological polar surface area (TPSA) is 0 Å². The van der Waals surface area contributed by atoms with Gasteiger partial charge in [-0.25, -0.2) is 0 Å². The fraction of sp³-hybridized carbons (Fsp3) is 0.429. The molecule has 0 nitrogen and oxygen atoms in total. The lowest BCUT2D eigenvalue weighted by Gasteiger charge is -2.23. The minimum atomic E-state index is -0.805. The van der Waals surface area contributed by atoms with Gasteiger partial charge in [0.25, 0.3) is 0 Å². The van der Waals surface area contributed by atoms with Gasteiger partial charge in [-0.05, 0) is 16.6 Å². The van der Waals surface area contributed by atoms with Crippen LogP contribution in [0.4, 0.5) is 0 Å². The van der Waals surface area contributed by atoms with Crippen molar-refractivity contribution in [3.05, 3.63) is 36.4 Å². The molecule has 0 radical (unpaired) electrons. The number of rotatable bonds is 4. The Bertz CT molecular complexity index is 301. The first kappa shape index (κ1) is 12.2. The summed E-state index contributed by atoms with van der Waals surface area (Å²) in [5.74, 6) is 0. The molecule has 0 bridgehead atoms. The van der Waals surface area contributed by atoms with Crippen molar-refractivity contribution in [2.24, 2.45) is 0 Å². The molecule has 1 heteroatoms. The van der Waals surface area contributed by atoms with Crippen LogP contribution < -0.4 is 5.19 Å². The van der Waals surface area contributed by atoms with Gasteiger partial charge >= 0.3 is 0 Å². The van der Waals surface area contributed by atoms with E-state index in [0.717, 1.165) is 11.1 Å². The molecule has 0 unspecified atom stereocenters. The molecule has 0 heterocycles. The summed E-state index contributed by atoms with van der Waals surface area (Å²) in [5.41, 5.74) is 2.89. The van der Waals surface area contributed by atoms with E-state index in [0.29, 0.717) is 0 Å². The Morgan fingerprint density at radius 3 is 1.80 bits per heavy atom. The van der Waals surface area contributed by atoms with Crippen molar-refractivity contribution in [2.75, 3.05) is 0 Å². The summed E-state index contributed by atoms with van der Waals surface area (Å²) in [6.07, 6.45) is 1.91. The van der Waals surface area contributed by atoms with Crippen LogP contribution in [-0.2, 0) is 0 Å². The largest absolute Gasteiger partial charge is 0.0985 e. The zero-order valence-electron chi connectivity index (χ0n) is 10.3. The smallest absolute Gasteiger partial charge is 0.0758 e. The highest BCUT2D eigenvalue weighted by Gasteiger charge is 2.20. The van der Waals surface area contributed by atoms with Gasteiger partial charge in [0.15, 0.2) is 0 Å². The van der Waals surface area contributed by atoms with Crippen molar-refractivity contribution >= 4 is 20.1 Å². The van der Waals surface area contributed by atoms with Crippen LogP contribution in [0.2, 0.25) is 11.1 Å². The van der Waals surface area contributed by atoms with Gasteiger partial charge in [-0.3, -0.25) is 0 Å². The van der Waals surface area contributed by atoms with E-state index in [1.807, 2.05) is 6.08 Å². The van der Waals surface area contributed by atoms with E-state index in [9.17, 15) is 0 Å². The van der Waals surface area contributed by atoms with Gasteiger partial charge in [0.05, 0.1) is 8.80 Å². The fourth-order valence-electron chi connectivity index (χ4n) is 2.39. The minimum Gasteiger partial charge on any atom is -0.0985 e. The lowest BCUT2D eigenvalue weighted by atomic mass is 10.2. The first-order valence-corrected chi connectivity index (χ1v) is 7.69. The van der Waals surface area contributed by atoms with Crippen LogP contribution in [0.5, 0.6) is 0 Å². The number of hydrogen-bond acceptors (Lipinski definition) is 0. The molecule has 0 atom stereocenters. The molecule has 1 aromatic rings. The quantitative estimate of drug-likeness (QED) is 0.678. The maximum Gasteiger partial charge on any atom is 0.0758 e. The van der Waals surface area contributed by atoms with Gasteiger partial charge < -0.3 is 0 Å². The third-order valence-electron chi connectivity index (χ3n) is 2.99. The predicted molar refractivity (Wildman–Crippen MR) is 73.5 cm³/mol. The molecular weight excluding hydrogens is 196 g/mol. The average Bonchev–Trinajstić information content (AvgIpc) is 2.18. The maximum absolute atomic E-state index is 3.79. The zero-order chi connectivity index (χ0) is 11.4. The molecule has 0 aliphatic carbocycles. The molecule has 0 saturated carbocycles. The van der Waals surface area contributed by atoms with Gasteiger partial charge in [-0.15, -0.1) is 0 Å². The molecule has 0 aromatic heterocycles. The molecule has 0 amide bonds. The summed E-state index contributed by atoms with van der Waals surface area (Å²) in [6, 6.07) is 8.97. The molecule has 0 aliphatic heterocycles. The fourth-order valence-corrected chi connectivity index (χ4v) is 6.11. The average molecular weight is 218 g/mol. The highest BCUT2D eigenvalue weighted by Crippen LogP contribution is 2.20. The monoisotopic (exact) mass is 218 g/mol. The lowest BCUT2D eigenvalue weighted by molar-refractivity contribution is 0.951. The van der Waals surface area contributed by atoms with Crippen molar-refractivity contribution in [3.8, 4) is 0 Å². The van der Waals surface area contributed by atoms with Crippen LogP contribution in [0.3, 0.4) is 0 Å². The zero-order valence-corrected chi connectivity index (χ0v) is 11.5. The Morgan fingerprint density at radius 1 is 1.00 bits per heavy atom. The number of benzene rings is 1. The highest BCUT2D eigenvalue weighted by molar-refractivity contribution is 6.75. The summed E-state index contributed by atoms with van der Waals surface area (Å²) in [4.78, 5) is 0. The third-order valence-corrected chi connectivity index (χ3v) is 7.02. The molecular formula is C14H22Si. The molecule has 1 rings (SSSR count). The second-order valence-electron chi connectivity index (χ2n) is 4.88. The standard InChI is InChI=1S/C14H22Si/c1-6-13-7-9-14(10-8-13)15(11(2)3)12(4)5/h6-12,15H,1H2,2-5H3. The van der Waals surface area contributed by atoms with Crippen molar-refractivity contribution in [1.82, 2.24) is 0 Å². The van der Waals surface area contributed by atoms with Crippen LogP contribution in [-0.4, -0.2) is 8.80 Å². The first-order valence-electron chi connectivity index (χ1n) is 5.78. The Kier molecular flexibility index (Phi) is 4.34. The Labute approximate surface area is 95.6 Å². The van der Waals surface area contributed by atoms with Crippen molar-refractivity contribution in [1.29, 1.82) is 0 Å². The molecule has 0 N–H and O–H groups in total. The second kappa shape index (κ2) is 5.31. The Morgan fingerprint density at radius 2 is 1.47 bits per heavy atom. The molecule has 0 fully saturated rings. The molecule has 0 saturated heterocycles. The van der Waals surface area contributed by atoms with Gasteiger partial charge in [-0.2, -0.15) is 0 Å². The van der Waals surface area contributed by atoms with E-state index in [2.05, 4.69) is 58.5 Å². The van der Waals surface area contributed by atoms with Crippen molar-refractivity contribution in [3.63, 3.8) is 0 Å². The maximum atomic E-state index is 3.79. The van der Waals surface area contributed by atoms with Crippen LogP contribution in [0.1, 0.15) is 33.3 Å². The van der Waals surface area contributed by atoms with Crippen LogP contribution in [0.15, 0.2) is 30.8 Å². The first-order chi connectivity index (χ1) is 7.06. The van der Waals surface area contributed by atoms with Crippen LogP contribution in [0.25, 0.3) is 6.08 Å². The Balaban J connectivity index is 2.96. The van der Waals surface area contributed by atoms with Gasteiger partial charge in [0.2, 0.25) is 0 Å². The summed E-state index contributed by atoms with van der Waals surface area (Å²) in [7, 11) is -0.805. The summed E-state index contributed by atoms with van der Waals surface area (Å²) >= 11 is 0. The summed E-state index contributed by atoms with van der Waals surface area (Å²) in [5, 5.41) is 1.59. The minimum absolute atomic E-state index is 0.805. The highest BCUT2D eigenvalue weighted by atomic mass is 28.3. The summed E-state index contributed by atoms with van der Waals surface area (Å²) in [6.45, 7) is 13.2. The number of hydrogen-bond donors (Lipinski definition) is 0. The molecule has 82 valence electrons. The van der Waals surface area contributed by atoms with Crippen LogP contribution >= 0.6 is 0 Å². The van der Waals surface area contributed by atoms with Gasteiger partial charge in [0.1, 0.15) is 0 Å².